The fraction of sp³-hybridized carbons (Fsp3) is 0.864. The van der Waals surface area contributed by atoms with E-state index >= 15 is 0 Å². The molecule has 142 valence electrons. The van der Waals surface area contributed by atoms with Crippen molar-refractivity contribution in [3.05, 3.63) is 11.6 Å². The molecule has 0 aliphatic heterocycles. The average Bonchev–Trinajstić information content (AvgIpc) is 2.93. The van der Waals surface area contributed by atoms with Gasteiger partial charge in [-0.15, -0.1) is 0 Å². The number of aliphatic hydroxyl groups is 1. The van der Waals surface area contributed by atoms with E-state index in [1.165, 1.54) is 51.4 Å². The minimum atomic E-state index is -0.833. The van der Waals surface area contributed by atoms with Crippen LogP contribution in [0.4, 0.5) is 0 Å². The molecule has 4 rings (SSSR count). The number of hydrogen-bond donors (Lipinski definition) is 2. The predicted molar refractivity (Wildman–Crippen MR) is 100 cm³/mol. The molecule has 3 nitrogen and oxygen atoms in total. The lowest BCUT2D eigenvalue weighted by Crippen LogP contribution is -2.59. The standard InChI is InChI=1S/C20H32O.C2H4O2/c1-14-11-16-5-6-17-18(2,13-21)8-4-9-19(17,3)20(16)10-7-15(14)12-20;1-2(3)4/h11,15-17,21H,4-10,12-13H2,1-3H3;1H3,(H,3,4). The van der Waals surface area contributed by atoms with Crippen LogP contribution in [0.2, 0.25) is 0 Å². The van der Waals surface area contributed by atoms with Gasteiger partial charge >= 0.3 is 0 Å². The molecule has 0 aromatic carbocycles. The van der Waals surface area contributed by atoms with Gasteiger partial charge in [-0.3, -0.25) is 4.79 Å². The van der Waals surface area contributed by atoms with Crippen molar-refractivity contribution < 1.29 is 15.0 Å². The number of rotatable bonds is 1. The van der Waals surface area contributed by atoms with Crippen molar-refractivity contribution in [2.75, 3.05) is 6.61 Å². The zero-order chi connectivity index (χ0) is 18.5. The van der Waals surface area contributed by atoms with Crippen LogP contribution < -0.4 is 0 Å². The molecule has 6 atom stereocenters. The van der Waals surface area contributed by atoms with E-state index in [1.54, 1.807) is 5.57 Å². The molecular weight excluding hydrogens is 312 g/mol. The van der Waals surface area contributed by atoms with Gasteiger partial charge in [0, 0.05) is 13.5 Å². The zero-order valence-electron chi connectivity index (χ0n) is 16.5. The molecule has 3 fully saturated rings. The lowest BCUT2D eigenvalue weighted by atomic mass is 9.39. The zero-order valence-corrected chi connectivity index (χ0v) is 16.5. The molecule has 2 N–H and O–H groups in total. The van der Waals surface area contributed by atoms with Crippen LogP contribution >= 0.6 is 0 Å². The first-order valence-electron chi connectivity index (χ1n) is 10.2. The number of carboxylic acids is 1. The van der Waals surface area contributed by atoms with Crippen LogP contribution in [-0.4, -0.2) is 22.8 Å². The molecule has 3 heteroatoms. The number of fused-ring (bicyclic) bond motifs is 2. The van der Waals surface area contributed by atoms with Gasteiger partial charge in [0.2, 0.25) is 0 Å². The number of aliphatic hydroxyl groups excluding tert-OH is 1. The monoisotopic (exact) mass is 348 g/mol. The molecular formula is C22H36O3. The molecule has 0 saturated heterocycles. The van der Waals surface area contributed by atoms with E-state index in [2.05, 4.69) is 26.8 Å². The van der Waals surface area contributed by atoms with Crippen LogP contribution in [-0.2, 0) is 4.79 Å². The number of aliphatic carboxylic acids is 1. The second-order valence-electron chi connectivity index (χ2n) is 9.85. The Morgan fingerprint density at radius 3 is 2.52 bits per heavy atom. The highest BCUT2D eigenvalue weighted by Crippen LogP contribution is 2.73. The van der Waals surface area contributed by atoms with Gasteiger partial charge in [-0.05, 0) is 85.9 Å². The quantitative estimate of drug-likeness (QED) is 0.653. The Morgan fingerprint density at radius 2 is 1.88 bits per heavy atom. The van der Waals surface area contributed by atoms with Crippen LogP contribution in [0, 0.1) is 34.0 Å². The summed E-state index contributed by atoms with van der Waals surface area (Å²) in [6.07, 6.45) is 13.7. The smallest absolute Gasteiger partial charge is 0.300 e. The summed E-state index contributed by atoms with van der Waals surface area (Å²) in [6, 6.07) is 0. The van der Waals surface area contributed by atoms with E-state index in [4.69, 9.17) is 9.90 Å². The third-order valence-electron chi connectivity index (χ3n) is 8.69. The van der Waals surface area contributed by atoms with Gasteiger partial charge in [0.15, 0.2) is 0 Å². The SMILES string of the molecule is CC(=O)O.CC1=CC2CCC3C(C)(CO)CCCC3(C)C23CCC1C3. The van der Waals surface area contributed by atoms with E-state index in [0.717, 1.165) is 24.7 Å². The maximum absolute atomic E-state index is 10.1. The average molecular weight is 349 g/mol. The fourth-order valence-corrected chi connectivity index (χ4v) is 7.49. The van der Waals surface area contributed by atoms with Crippen LogP contribution in [0.3, 0.4) is 0 Å². The van der Waals surface area contributed by atoms with Gasteiger partial charge in [-0.25, -0.2) is 0 Å². The summed E-state index contributed by atoms with van der Waals surface area (Å²) in [5.41, 5.74) is 2.91. The molecule has 4 aliphatic rings. The lowest BCUT2D eigenvalue weighted by molar-refractivity contribution is -0.165. The molecule has 1 spiro atoms. The Bertz CT molecular complexity index is 564. The highest BCUT2D eigenvalue weighted by molar-refractivity contribution is 5.62. The molecule has 3 saturated carbocycles. The topological polar surface area (TPSA) is 57.5 Å². The Kier molecular flexibility index (Phi) is 4.85. The van der Waals surface area contributed by atoms with Gasteiger partial charge in [-0.1, -0.05) is 31.9 Å². The molecule has 0 radical (unpaired) electrons. The van der Waals surface area contributed by atoms with Crippen molar-refractivity contribution >= 4 is 5.97 Å². The summed E-state index contributed by atoms with van der Waals surface area (Å²) in [6.45, 7) is 8.86. The normalized spacial score (nSPS) is 47.7. The number of hydrogen-bond acceptors (Lipinski definition) is 2. The van der Waals surface area contributed by atoms with Crippen molar-refractivity contribution in [3.63, 3.8) is 0 Å². The van der Waals surface area contributed by atoms with Crippen LogP contribution in [0.5, 0.6) is 0 Å². The van der Waals surface area contributed by atoms with Crippen molar-refractivity contribution in [2.24, 2.45) is 34.0 Å². The van der Waals surface area contributed by atoms with Crippen LogP contribution in [0.25, 0.3) is 0 Å². The van der Waals surface area contributed by atoms with Gasteiger partial charge in [0.1, 0.15) is 0 Å². The Hall–Kier alpha value is -0.830. The second kappa shape index (κ2) is 6.40. The molecule has 2 bridgehead atoms. The van der Waals surface area contributed by atoms with Crippen LogP contribution in [0.1, 0.15) is 79.1 Å². The highest BCUT2D eigenvalue weighted by atomic mass is 16.4. The van der Waals surface area contributed by atoms with Crippen molar-refractivity contribution in [3.8, 4) is 0 Å². The molecule has 0 aromatic heterocycles. The van der Waals surface area contributed by atoms with E-state index in [9.17, 15) is 5.11 Å². The summed E-state index contributed by atoms with van der Waals surface area (Å²) < 4.78 is 0. The summed E-state index contributed by atoms with van der Waals surface area (Å²) in [4.78, 5) is 9.00. The predicted octanol–water partition coefficient (Wildman–Crippen LogP) is 5.04. The van der Waals surface area contributed by atoms with E-state index in [-0.39, 0.29) is 5.41 Å². The Balaban J connectivity index is 0.000000415. The summed E-state index contributed by atoms with van der Waals surface area (Å²) >= 11 is 0. The summed E-state index contributed by atoms with van der Waals surface area (Å²) in [5, 5.41) is 17.5. The maximum Gasteiger partial charge on any atom is 0.300 e. The third-order valence-corrected chi connectivity index (χ3v) is 8.69. The molecule has 0 amide bonds. The fourth-order valence-electron chi connectivity index (χ4n) is 7.49. The second-order valence-corrected chi connectivity index (χ2v) is 9.85. The van der Waals surface area contributed by atoms with E-state index in [0.29, 0.717) is 17.4 Å². The Morgan fingerprint density at radius 1 is 1.20 bits per heavy atom. The highest BCUT2D eigenvalue weighted by Gasteiger charge is 2.65. The molecule has 0 heterocycles. The maximum atomic E-state index is 10.1. The first-order chi connectivity index (χ1) is 11.7. The van der Waals surface area contributed by atoms with Gasteiger partial charge in [0.25, 0.3) is 5.97 Å². The van der Waals surface area contributed by atoms with Gasteiger partial charge in [0.05, 0.1) is 0 Å². The number of allylic oxidation sites excluding steroid dienone is 2. The molecule has 6 unspecified atom stereocenters. The van der Waals surface area contributed by atoms with Gasteiger partial charge < -0.3 is 10.2 Å². The first kappa shape index (κ1) is 18.9. The lowest BCUT2D eigenvalue weighted by Gasteiger charge is -2.65. The largest absolute Gasteiger partial charge is 0.481 e. The van der Waals surface area contributed by atoms with Gasteiger partial charge in [-0.2, -0.15) is 0 Å². The minimum Gasteiger partial charge on any atom is -0.481 e. The Labute approximate surface area is 152 Å². The third kappa shape index (κ3) is 2.78. The minimum absolute atomic E-state index is 0.182. The van der Waals surface area contributed by atoms with Crippen molar-refractivity contribution in [1.29, 1.82) is 0 Å². The first-order valence-corrected chi connectivity index (χ1v) is 10.2. The summed E-state index contributed by atoms with van der Waals surface area (Å²) in [7, 11) is 0. The van der Waals surface area contributed by atoms with E-state index in [1.807, 2.05) is 0 Å². The molecule has 0 aromatic rings. The molecule has 25 heavy (non-hydrogen) atoms. The summed E-state index contributed by atoms with van der Waals surface area (Å²) in [5.74, 6) is 1.61. The van der Waals surface area contributed by atoms with E-state index < -0.39 is 5.97 Å². The van der Waals surface area contributed by atoms with Crippen molar-refractivity contribution in [2.45, 2.75) is 79.1 Å². The van der Waals surface area contributed by atoms with Crippen molar-refractivity contribution in [1.82, 2.24) is 0 Å². The number of carbonyl (C=O) groups is 1. The number of carboxylic acid groups (broad SMARTS) is 1. The molecule has 4 aliphatic carbocycles. The van der Waals surface area contributed by atoms with Crippen LogP contribution in [0.15, 0.2) is 11.6 Å².